The molecule has 130 valence electrons. The van der Waals surface area contributed by atoms with Crippen LogP contribution in [0.15, 0.2) is 42.5 Å². The van der Waals surface area contributed by atoms with Crippen LogP contribution in [0.3, 0.4) is 0 Å². The largest absolute Gasteiger partial charge is 0.507 e. The molecule has 7 heteroatoms. The molecule has 25 heavy (non-hydrogen) atoms. The molecule has 0 saturated carbocycles. The molecular formula is C18H17ClN2O4. The van der Waals surface area contributed by atoms with E-state index in [1.165, 1.54) is 23.1 Å². The van der Waals surface area contributed by atoms with Gasteiger partial charge in [-0.05, 0) is 30.3 Å². The van der Waals surface area contributed by atoms with Gasteiger partial charge in [-0.3, -0.25) is 9.59 Å². The highest BCUT2D eigenvalue weighted by Crippen LogP contribution is 2.26. The monoisotopic (exact) mass is 360 g/mol. The fraction of sp³-hybridized carbons (Fsp3) is 0.222. The van der Waals surface area contributed by atoms with Crippen molar-refractivity contribution in [2.75, 3.05) is 31.6 Å². The van der Waals surface area contributed by atoms with Gasteiger partial charge >= 0.3 is 0 Å². The van der Waals surface area contributed by atoms with Crippen LogP contribution in [-0.4, -0.2) is 48.6 Å². The van der Waals surface area contributed by atoms with Crippen molar-refractivity contribution >= 4 is 29.1 Å². The Morgan fingerprint density at radius 3 is 2.72 bits per heavy atom. The van der Waals surface area contributed by atoms with Gasteiger partial charge in [0.15, 0.2) is 0 Å². The molecule has 0 aromatic heterocycles. The second-order valence-corrected chi connectivity index (χ2v) is 6.07. The summed E-state index contributed by atoms with van der Waals surface area (Å²) in [7, 11) is 1.56. The average Bonchev–Trinajstić information content (AvgIpc) is 2.63. The zero-order valence-corrected chi connectivity index (χ0v) is 14.4. The first-order chi connectivity index (χ1) is 12.0. The number of methoxy groups -OCH3 is 1. The SMILES string of the molecule is COc1cccc(N2CCN(C(=O)c3cc(Cl)ccc3O)CC2=O)c1. The van der Waals surface area contributed by atoms with Crippen LogP contribution in [0.5, 0.6) is 11.5 Å². The molecule has 1 N–H and O–H groups in total. The number of hydrogen-bond donors (Lipinski definition) is 1. The molecule has 3 rings (SSSR count). The zero-order valence-electron chi connectivity index (χ0n) is 13.6. The Kier molecular flexibility index (Phi) is 4.81. The summed E-state index contributed by atoms with van der Waals surface area (Å²) in [4.78, 5) is 28.1. The Morgan fingerprint density at radius 1 is 1.20 bits per heavy atom. The summed E-state index contributed by atoms with van der Waals surface area (Å²) >= 11 is 5.89. The summed E-state index contributed by atoms with van der Waals surface area (Å²) in [6.07, 6.45) is 0. The van der Waals surface area contributed by atoms with E-state index in [4.69, 9.17) is 16.3 Å². The number of piperazine rings is 1. The van der Waals surface area contributed by atoms with Crippen LogP contribution >= 0.6 is 11.6 Å². The lowest BCUT2D eigenvalue weighted by molar-refractivity contribution is -0.120. The maximum absolute atomic E-state index is 12.6. The van der Waals surface area contributed by atoms with Crippen LogP contribution in [-0.2, 0) is 4.79 Å². The number of nitrogens with zero attached hydrogens (tertiary/aromatic N) is 2. The predicted molar refractivity (Wildman–Crippen MR) is 94.4 cm³/mol. The third-order valence-corrected chi connectivity index (χ3v) is 4.30. The fourth-order valence-corrected chi connectivity index (χ4v) is 2.92. The highest BCUT2D eigenvalue weighted by Gasteiger charge is 2.29. The number of phenolic OH excluding ortho intramolecular Hbond substituents is 1. The number of halogens is 1. The van der Waals surface area contributed by atoms with Crippen LogP contribution in [0, 0.1) is 0 Å². The molecule has 1 fully saturated rings. The molecule has 6 nitrogen and oxygen atoms in total. The Morgan fingerprint density at radius 2 is 2.00 bits per heavy atom. The molecule has 1 aliphatic heterocycles. The van der Waals surface area contributed by atoms with E-state index < -0.39 is 5.91 Å². The minimum atomic E-state index is -0.418. The van der Waals surface area contributed by atoms with Gasteiger partial charge in [-0.2, -0.15) is 0 Å². The third kappa shape index (κ3) is 3.53. The first-order valence-corrected chi connectivity index (χ1v) is 8.09. The molecular weight excluding hydrogens is 344 g/mol. The summed E-state index contributed by atoms with van der Waals surface area (Å²) in [6.45, 7) is 0.648. The zero-order chi connectivity index (χ0) is 18.0. The van der Waals surface area contributed by atoms with Crippen LogP contribution in [0.1, 0.15) is 10.4 Å². The van der Waals surface area contributed by atoms with Gasteiger partial charge in [-0.15, -0.1) is 0 Å². The molecule has 0 unspecified atom stereocenters. The Bertz CT molecular complexity index is 824. The maximum atomic E-state index is 12.6. The lowest BCUT2D eigenvalue weighted by atomic mass is 10.1. The Hall–Kier alpha value is -2.73. The summed E-state index contributed by atoms with van der Waals surface area (Å²) in [6, 6.07) is 11.5. The molecule has 2 aromatic rings. The summed E-state index contributed by atoms with van der Waals surface area (Å²) in [5.41, 5.74) is 0.817. The van der Waals surface area contributed by atoms with E-state index in [-0.39, 0.29) is 23.8 Å². The van der Waals surface area contributed by atoms with E-state index in [1.807, 2.05) is 12.1 Å². The van der Waals surface area contributed by atoms with Crippen molar-refractivity contribution in [3.63, 3.8) is 0 Å². The second kappa shape index (κ2) is 7.03. The number of rotatable bonds is 3. The van der Waals surface area contributed by atoms with Gasteiger partial charge in [0.1, 0.15) is 18.0 Å². The molecule has 1 aliphatic rings. The van der Waals surface area contributed by atoms with E-state index in [9.17, 15) is 14.7 Å². The third-order valence-electron chi connectivity index (χ3n) is 4.06. The smallest absolute Gasteiger partial charge is 0.258 e. The van der Waals surface area contributed by atoms with E-state index >= 15 is 0 Å². The molecule has 1 heterocycles. The molecule has 0 radical (unpaired) electrons. The highest BCUT2D eigenvalue weighted by molar-refractivity contribution is 6.31. The van der Waals surface area contributed by atoms with E-state index in [0.717, 1.165) is 5.69 Å². The van der Waals surface area contributed by atoms with Gasteiger partial charge in [0, 0.05) is 29.9 Å². The van der Waals surface area contributed by atoms with Crippen molar-refractivity contribution in [3.05, 3.63) is 53.1 Å². The minimum Gasteiger partial charge on any atom is -0.507 e. The maximum Gasteiger partial charge on any atom is 0.258 e. The number of carbonyl (C=O) groups excluding carboxylic acids is 2. The second-order valence-electron chi connectivity index (χ2n) is 5.64. The Labute approximate surface area is 150 Å². The quantitative estimate of drug-likeness (QED) is 0.913. The number of hydrogen-bond acceptors (Lipinski definition) is 4. The number of ether oxygens (including phenoxy) is 1. The van der Waals surface area contributed by atoms with Crippen molar-refractivity contribution < 1.29 is 19.4 Å². The average molecular weight is 361 g/mol. The Balaban J connectivity index is 1.76. The van der Waals surface area contributed by atoms with Crippen LogP contribution < -0.4 is 9.64 Å². The standard InChI is InChI=1S/C18H17ClN2O4/c1-25-14-4-2-3-13(10-14)21-8-7-20(11-17(21)23)18(24)15-9-12(19)5-6-16(15)22/h2-6,9-10,22H,7-8,11H2,1H3. The van der Waals surface area contributed by atoms with Gasteiger partial charge in [0.25, 0.3) is 5.91 Å². The molecule has 0 bridgehead atoms. The molecule has 0 spiro atoms. The van der Waals surface area contributed by atoms with Crippen molar-refractivity contribution in [1.29, 1.82) is 0 Å². The number of benzene rings is 2. The molecule has 0 atom stereocenters. The fourth-order valence-electron chi connectivity index (χ4n) is 2.75. The van der Waals surface area contributed by atoms with Gasteiger partial charge in [-0.1, -0.05) is 17.7 Å². The molecule has 1 saturated heterocycles. The van der Waals surface area contributed by atoms with E-state index in [1.54, 1.807) is 24.1 Å². The number of phenols is 1. The lowest BCUT2D eigenvalue weighted by Gasteiger charge is -2.34. The number of anilines is 1. The lowest BCUT2D eigenvalue weighted by Crippen LogP contribution is -2.52. The van der Waals surface area contributed by atoms with Gasteiger partial charge in [0.2, 0.25) is 5.91 Å². The van der Waals surface area contributed by atoms with E-state index in [0.29, 0.717) is 23.9 Å². The summed E-state index contributed by atoms with van der Waals surface area (Å²) in [5.74, 6) is -0.113. The van der Waals surface area contributed by atoms with Gasteiger partial charge < -0.3 is 19.6 Å². The van der Waals surface area contributed by atoms with E-state index in [2.05, 4.69) is 0 Å². The minimum absolute atomic E-state index is 0.0675. The summed E-state index contributed by atoms with van der Waals surface area (Å²) in [5, 5.41) is 10.2. The van der Waals surface area contributed by atoms with Crippen molar-refractivity contribution in [3.8, 4) is 11.5 Å². The molecule has 0 aliphatic carbocycles. The van der Waals surface area contributed by atoms with Crippen LogP contribution in [0.2, 0.25) is 5.02 Å². The van der Waals surface area contributed by atoms with Gasteiger partial charge in [0.05, 0.1) is 12.7 Å². The summed E-state index contributed by atoms with van der Waals surface area (Å²) < 4.78 is 5.18. The topological polar surface area (TPSA) is 70.1 Å². The van der Waals surface area contributed by atoms with Crippen LogP contribution in [0.25, 0.3) is 0 Å². The number of amides is 2. The number of aromatic hydroxyl groups is 1. The van der Waals surface area contributed by atoms with Crippen molar-refractivity contribution in [1.82, 2.24) is 4.90 Å². The van der Waals surface area contributed by atoms with Crippen molar-refractivity contribution in [2.24, 2.45) is 0 Å². The van der Waals surface area contributed by atoms with Crippen molar-refractivity contribution in [2.45, 2.75) is 0 Å². The number of carbonyl (C=O) groups is 2. The highest BCUT2D eigenvalue weighted by atomic mass is 35.5. The molecule has 2 aromatic carbocycles. The van der Waals surface area contributed by atoms with Gasteiger partial charge in [-0.25, -0.2) is 0 Å². The van der Waals surface area contributed by atoms with Crippen LogP contribution in [0.4, 0.5) is 5.69 Å². The predicted octanol–water partition coefficient (Wildman–Crippen LogP) is 2.54. The first kappa shape index (κ1) is 17.1. The molecule has 2 amide bonds. The normalized spacial score (nSPS) is 14.6. The first-order valence-electron chi connectivity index (χ1n) is 7.72.